The van der Waals surface area contributed by atoms with Crippen molar-refractivity contribution >= 4 is 16.8 Å². The third kappa shape index (κ3) is 2.73. The Hall–Kier alpha value is -2.82. The van der Waals surface area contributed by atoms with Crippen LogP contribution in [0.25, 0.3) is 10.9 Å². The molecule has 1 aliphatic heterocycles. The summed E-state index contributed by atoms with van der Waals surface area (Å²) in [4.78, 5) is 15.3. The number of aromatic nitrogens is 1. The zero-order valence-electron chi connectivity index (χ0n) is 13.0. The Kier molecular flexibility index (Phi) is 3.69. The Bertz CT molecular complexity index is 903. The first-order chi connectivity index (χ1) is 11.7. The SMILES string of the molecule is O=C(NCC1COc2ccccc2C1)c1cc2c(F)cccc2[nH]1. The molecule has 4 rings (SSSR count). The molecule has 1 aromatic heterocycles. The molecule has 0 saturated carbocycles. The fourth-order valence-electron chi connectivity index (χ4n) is 3.09. The first-order valence-corrected chi connectivity index (χ1v) is 7.97. The van der Waals surface area contributed by atoms with E-state index in [2.05, 4.69) is 10.3 Å². The van der Waals surface area contributed by atoms with Crippen LogP contribution in [-0.4, -0.2) is 24.0 Å². The number of fused-ring (bicyclic) bond motifs is 2. The fourth-order valence-corrected chi connectivity index (χ4v) is 3.09. The van der Waals surface area contributed by atoms with E-state index in [0.29, 0.717) is 29.7 Å². The highest BCUT2D eigenvalue weighted by Gasteiger charge is 2.20. The smallest absolute Gasteiger partial charge is 0.267 e. The largest absolute Gasteiger partial charge is 0.493 e. The molecule has 0 radical (unpaired) electrons. The summed E-state index contributed by atoms with van der Waals surface area (Å²) in [6.07, 6.45) is 0.873. The van der Waals surface area contributed by atoms with Gasteiger partial charge in [-0.15, -0.1) is 0 Å². The molecule has 1 unspecified atom stereocenters. The molecular formula is C19H17FN2O2. The van der Waals surface area contributed by atoms with E-state index in [0.717, 1.165) is 17.7 Å². The summed E-state index contributed by atoms with van der Waals surface area (Å²) in [5.41, 5.74) is 2.15. The summed E-state index contributed by atoms with van der Waals surface area (Å²) in [7, 11) is 0. The van der Waals surface area contributed by atoms with E-state index in [1.807, 2.05) is 24.3 Å². The fraction of sp³-hybridized carbons (Fsp3) is 0.211. The first kappa shape index (κ1) is 14.8. The van der Waals surface area contributed by atoms with E-state index < -0.39 is 0 Å². The van der Waals surface area contributed by atoms with E-state index in [9.17, 15) is 9.18 Å². The summed E-state index contributed by atoms with van der Waals surface area (Å²) < 4.78 is 19.4. The highest BCUT2D eigenvalue weighted by molar-refractivity contribution is 5.98. The van der Waals surface area contributed by atoms with Crippen molar-refractivity contribution in [1.29, 1.82) is 0 Å². The number of ether oxygens (including phenoxy) is 1. The van der Waals surface area contributed by atoms with Crippen molar-refractivity contribution in [2.75, 3.05) is 13.2 Å². The molecule has 4 nitrogen and oxygen atoms in total. The van der Waals surface area contributed by atoms with Gasteiger partial charge < -0.3 is 15.0 Å². The molecule has 0 saturated heterocycles. The summed E-state index contributed by atoms with van der Waals surface area (Å²) in [6.45, 7) is 1.10. The lowest BCUT2D eigenvalue weighted by atomic mass is 9.97. The maximum absolute atomic E-state index is 13.7. The van der Waals surface area contributed by atoms with E-state index in [1.165, 1.54) is 6.07 Å². The Morgan fingerprint density at radius 3 is 3.00 bits per heavy atom. The zero-order chi connectivity index (χ0) is 16.5. The van der Waals surface area contributed by atoms with Gasteiger partial charge in [-0.2, -0.15) is 0 Å². The van der Waals surface area contributed by atoms with Gasteiger partial charge in [-0.3, -0.25) is 4.79 Å². The summed E-state index contributed by atoms with van der Waals surface area (Å²) in [5, 5.41) is 3.34. The highest BCUT2D eigenvalue weighted by atomic mass is 19.1. The number of carbonyl (C=O) groups excluding carboxylic acids is 1. The minimum Gasteiger partial charge on any atom is -0.493 e. The predicted octanol–water partition coefficient (Wildman–Crippen LogP) is 3.29. The number of carbonyl (C=O) groups is 1. The number of amides is 1. The lowest BCUT2D eigenvalue weighted by molar-refractivity contribution is 0.0935. The predicted molar refractivity (Wildman–Crippen MR) is 89.7 cm³/mol. The molecule has 0 spiro atoms. The maximum Gasteiger partial charge on any atom is 0.267 e. The second kappa shape index (κ2) is 6.00. The third-order valence-electron chi connectivity index (χ3n) is 4.36. The molecule has 1 aliphatic rings. The molecule has 0 fully saturated rings. The number of halogens is 1. The molecule has 5 heteroatoms. The van der Waals surface area contributed by atoms with Crippen LogP contribution in [0.1, 0.15) is 16.1 Å². The van der Waals surface area contributed by atoms with Crippen LogP contribution in [0.15, 0.2) is 48.5 Å². The molecule has 1 atom stereocenters. The normalized spacial score (nSPS) is 16.5. The first-order valence-electron chi connectivity index (χ1n) is 7.97. The van der Waals surface area contributed by atoms with Gasteiger partial charge in [0.05, 0.1) is 6.61 Å². The summed E-state index contributed by atoms with van der Waals surface area (Å²) in [5.74, 6) is 0.584. The van der Waals surface area contributed by atoms with Crippen LogP contribution in [0.3, 0.4) is 0 Å². The quantitative estimate of drug-likeness (QED) is 0.777. The number of rotatable bonds is 3. The third-order valence-corrected chi connectivity index (χ3v) is 4.36. The van der Waals surface area contributed by atoms with Crippen LogP contribution in [0.2, 0.25) is 0 Å². The topological polar surface area (TPSA) is 54.1 Å². The number of H-pyrrole nitrogens is 1. The number of nitrogens with one attached hydrogen (secondary N) is 2. The highest BCUT2D eigenvalue weighted by Crippen LogP contribution is 2.26. The summed E-state index contributed by atoms with van der Waals surface area (Å²) in [6, 6.07) is 14.3. The van der Waals surface area contributed by atoms with Gasteiger partial charge in [0.1, 0.15) is 17.3 Å². The number of benzene rings is 2. The van der Waals surface area contributed by atoms with Crippen LogP contribution < -0.4 is 10.1 Å². The van der Waals surface area contributed by atoms with Crippen LogP contribution in [-0.2, 0) is 6.42 Å². The number of aromatic amines is 1. The van der Waals surface area contributed by atoms with Gasteiger partial charge in [0, 0.05) is 23.4 Å². The van der Waals surface area contributed by atoms with Gasteiger partial charge in [0.25, 0.3) is 5.91 Å². The standard InChI is InChI=1S/C19H17FN2O2/c20-15-5-3-6-16-14(15)9-17(22-16)19(23)21-10-12-8-13-4-1-2-7-18(13)24-11-12/h1-7,9,12,22H,8,10-11H2,(H,21,23). The van der Waals surface area contributed by atoms with Crippen molar-refractivity contribution in [3.05, 3.63) is 65.6 Å². The van der Waals surface area contributed by atoms with Crippen molar-refractivity contribution in [2.24, 2.45) is 5.92 Å². The van der Waals surface area contributed by atoms with Crippen LogP contribution in [0, 0.1) is 11.7 Å². The van der Waals surface area contributed by atoms with E-state index in [4.69, 9.17) is 4.74 Å². The molecule has 2 aromatic carbocycles. The van der Waals surface area contributed by atoms with Gasteiger partial charge in [-0.25, -0.2) is 4.39 Å². The second-order valence-electron chi connectivity index (χ2n) is 6.08. The minimum absolute atomic E-state index is 0.227. The molecule has 2 N–H and O–H groups in total. The molecule has 2 heterocycles. The van der Waals surface area contributed by atoms with Gasteiger partial charge >= 0.3 is 0 Å². The maximum atomic E-state index is 13.7. The number of hydrogen-bond donors (Lipinski definition) is 2. The van der Waals surface area contributed by atoms with Crippen LogP contribution in [0.5, 0.6) is 5.75 Å². The van der Waals surface area contributed by atoms with Crippen molar-refractivity contribution in [2.45, 2.75) is 6.42 Å². The van der Waals surface area contributed by atoms with Gasteiger partial charge in [0.15, 0.2) is 0 Å². The summed E-state index contributed by atoms with van der Waals surface area (Å²) >= 11 is 0. The Morgan fingerprint density at radius 1 is 1.25 bits per heavy atom. The number of hydrogen-bond acceptors (Lipinski definition) is 2. The zero-order valence-corrected chi connectivity index (χ0v) is 13.0. The molecule has 0 aliphatic carbocycles. The minimum atomic E-state index is -0.333. The van der Waals surface area contributed by atoms with Crippen molar-refractivity contribution in [1.82, 2.24) is 10.3 Å². The average Bonchev–Trinajstić information content (AvgIpc) is 3.05. The lowest BCUT2D eigenvalue weighted by Gasteiger charge is -2.25. The van der Waals surface area contributed by atoms with Crippen molar-refractivity contribution in [3.63, 3.8) is 0 Å². The van der Waals surface area contributed by atoms with E-state index >= 15 is 0 Å². The lowest BCUT2D eigenvalue weighted by Crippen LogP contribution is -2.34. The average molecular weight is 324 g/mol. The van der Waals surface area contributed by atoms with Gasteiger partial charge in [-0.1, -0.05) is 24.3 Å². The second-order valence-corrected chi connectivity index (χ2v) is 6.08. The molecule has 24 heavy (non-hydrogen) atoms. The van der Waals surface area contributed by atoms with Gasteiger partial charge in [-0.05, 0) is 36.2 Å². The van der Waals surface area contributed by atoms with Crippen molar-refractivity contribution < 1.29 is 13.9 Å². The monoisotopic (exact) mass is 324 g/mol. The Labute approximate surface area is 138 Å². The molecular weight excluding hydrogens is 307 g/mol. The Morgan fingerprint density at radius 2 is 2.12 bits per heavy atom. The van der Waals surface area contributed by atoms with Gasteiger partial charge in [0.2, 0.25) is 0 Å². The molecule has 122 valence electrons. The molecule has 3 aromatic rings. The van der Waals surface area contributed by atoms with E-state index in [-0.39, 0.29) is 17.6 Å². The van der Waals surface area contributed by atoms with E-state index in [1.54, 1.807) is 18.2 Å². The number of para-hydroxylation sites is 1. The molecule has 0 bridgehead atoms. The van der Waals surface area contributed by atoms with Crippen LogP contribution >= 0.6 is 0 Å². The Balaban J connectivity index is 1.42. The van der Waals surface area contributed by atoms with Crippen molar-refractivity contribution in [3.8, 4) is 5.75 Å². The molecule has 1 amide bonds. The van der Waals surface area contributed by atoms with Crippen LogP contribution in [0.4, 0.5) is 4.39 Å².